The van der Waals surface area contributed by atoms with Crippen LogP contribution in [0.4, 0.5) is 0 Å². The summed E-state index contributed by atoms with van der Waals surface area (Å²) >= 11 is 0. The summed E-state index contributed by atoms with van der Waals surface area (Å²) in [4.78, 5) is 2.53. The van der Waals surface area contributed by atoms with Crippen LogP contribution >= 0.6 is 0 Å². The first-order chi connectivity index (χ1) is 6.93. The van der Waals surface area contributed by atoms with E-state index in [4.69, 9.17) is 4.74 Å². The van der Waals surface area contributed by atoms with Crippen LogP contribution in [0.5, 0.6) is 0 Å². The second-order valence-corrected chi connectivity index (χ2v) is 4.22. The van der Waals surface area contributed by atoms with Gasteiger partial charge in [0.05, 0.1) is 6.61 Å². The molecule has 0 bridgehead atoms. The molecule has 1 fully saturated rings. The van der Waals surface area contributed by atoms with E-state index in [1.807, 2.05) is 0 Å². The maximum Gasteiger partial charge on any atom is 0.0593 e. The van der Waals surface area contributed by atoms with Crippen molar-refractivity contribution < 1.29 is 4.74 Å². The molecule has 1 aliphatic rings. The van der Waals surface area contributed by atoms with E-state index in [2.05, 4.69) is 11.8 Å². The van der Waals surface area contributed by atoms with Crippen molar-refractivity contribution in [2.24, 2.45) is 0 Å². The predicted molar refractivity (Wildman–Crippen MR) is 60.6 cm³/mol. The Balaban J connectivity index is 1.82. The van der Waals surface area contributed by atoms with Crippen molar-refractivity contribution in [2.45, 2.75) is 45.4 Å². The van der Waals surface area contributed by atoms with Crippen LogP contribution in [0, 0.1) is 0 Å². The molecule has 0 amide bonds. The van der Waals surface area contributed by atoms with Crippen LogP contribution in [0.1, 0.15) is 45.4 Å². The molecule has 84 valence electrons. The average Bonchev–Trinajstić information content (AvgIpc) is 2.25. The minimum Gasteiger partial charge on any atom is -0.380 e. The van der Waals surface area contributed by atoms with E-state index in [1.54, 1.807) is 0 Å². The summed E-state index contributed by atoms with van der Waals surface area (Å²) in [5.74, 6) is 0. The Morgan fingerprint density at radius 1 is 1.00 bits per heavy atom. The van der Waals surface area contributed by atoms with E-state index in [1.165, 1.54) is 51.6 Å². The summed E-state index contributed by atoms with van der Waals surface area (Å²) in [6.07, 6.45) is 8.02. The van der Waals surface area contributed by atoms with Gasteiger partial charge >= 0.3 is 0 Å². The van der Waals surface area contributed by atoms with Crippen molar-refractivity contribution in [3.8, 4) is 0 Å². The van der Waals surface area contributed by atoms with Crippen LogP contribution in [0.3, 0.4) is 0 Å². The molecule has 0 unspecified atom stereocenters. The van der Waals surface area contributed by atoms with Gasteiger partial charge in [-0.25, -0.2) is 0 Å². The largest absolute Gasteiger partial charge is 0.380 e. The second kappa shape index (κ2) is 8.25. The third-order valence-corrected chi connectivity index (χ3v) is 2.89. The Labute approximate surface area is 88.6 Å². The van der Waals surface area contributed by atoms with Crippen LogP contribution < -0.4 is 0 Å². The SMILES string of the molecule is CCCCCOCCN1CCCCC1. The van der Waals surface area contributed by atoms with Gasteiger partial charge in [0.1, 0.15) is 0 Å². The lowest BCUT2D eigenvalue weighted by Crippen LogP contribution is -2.32. The number of unbranched alkanes of at least 4 members (excludes halogenated alkanes) is 2. The summed E-state index contributed by atoms with van der Waals surface area (Å²) in [5, 5.41) is 0. The summed E-state index contributed by atoms with van der Waals surface area (Å²) in [6.45, 7) is 7.85. The molecular weight excluding hydrogens is 174 g/mol. The average molecular weight is 199 g/mol. The summed E-state index contributed by atoms with van der Waals surface area (Å²) in [7, 11) is 0. The van der Waals surface area contributed by atoms with E-state index >= 15 is 0 Å². The maximum atomic E-state index is 5.60. The highest BCUT2D eigenvalue weighted by molar-refractivity contribution is 4.63. The van der Waals surface area contributed by atoms with Gasteiger partial charge in [0, 0.05) is 13.2 Å². The van der Waals surface area contributed by atoms with E-state index in [0.29, 0.717) is 0 Å². The Kier molecular flexibility index (Phi) is 7.06. The standard InChI is InChI=1S/C12H25NO/c1-2-3-7-11-14-12-10-13-8-5-4-6-9-13/h2-12H2,1H3. The van der Waals surface area contributed by atoms with Gasteiger partial charge < -0.3 is 9.64 Å². The molecule has 2 heteroatoms. The van der Waals surface area contributed by atoms with Gasteiger partial charge in [-0.1, -0.05) is 26.2 Å². The molecule has 1 rings (SSSR count). The zero-order valence-corrected chi connectivity index (χ0v) is 9.63. The van der Waals surface area contributed by atoms with Crippen molar-refractivity contribution in [3.63, 3.8) is 0 Å². The summed E-state index contributed by atoms with van der Waals surface area (Å²) < 4.78 is 5.60. The summed E-state index contributed by atoms with van der Waals surface area (Å²) in [5.41, 5.74) is 0. The zero-order chi connectivity index (χ0) is 10.1. The van der Waals surface area contributed by atoms with E-state index < -0.39 is 0 Å². The fourth-order valence-electron chi connectivity index (χ4n) is 1.93. The van der Waals surface area contributed by atoms with Crippen molar-refractivity contribution >= 4 is 0 Å². The Hall–Kier alpha value is -0.0800. The van der Waals surface area contributed by atoms with Crippen LogP contribution in [-0.2, 0) is 4.74 Å². The molecule has 0 aromatic rings. The molecule has 0 atom stereocenters. The molecule has 0 radical (unpaired) electrons. The topological polar surface area (TPSA) is 12.5 Å². The van der Waals surface area contributed by atoms with Crippen LogP contribution in [-0.4, -0.2) is 37.7 Å². The molecule has 2 nitrogen and oxygen atoms in total. The van der Waals surface area contributed by atoms with Gasteiger partial charge in [-0.15, -0.1) is 0 Å². The lowest BCUT2D eigenvalue weighted by molar-refractivity contribution is 0.0940. The molecule has 0 saturated carbocycles. The van der Waals surface area contributed by atoms with Gasteiger partial charge in [0.25, 0.3) is 0 Å². The predicted octanol–water partition coefficient (Wildman–Crippen LogP) is 2.68. The molecule has 14 heavy (non-hydrogen) atoms. The number of nitrogens with zero attached hydrogens (tertiary/aromatic N) is 1. The number of ether oxygens (including phenoxy) is 1. The number of piperidine rings is 1. The van der Waals surface area contributed by atoms with Crippen molar-refractivity contribution in [3.05, 3.63) is 0 Å². The normalized spacial score (nSPS) is 18.6. The first-order valence-electron chi connectivity index (χ1n) is 6.23. The first-order valence-corrected chi connectivity index (χ1v) is 6.23. The van der Waals surface area contributed by atoms with Crippen LogP contribution in [0.25, 0.3) is 0 Å². The van der Waals surface area contributed by atoms with Crippen LogP contribution in [0.15, 0.2) is 0 Å². The van der Waals surface area contributed by atoms with Crippen molar-refractivity contribution in [2.75, 3.05) is 32.8 Å². The molecule has 1 saturated heterocycles. The lowest BCUT2D eigenvalue weighted by Gasteiger charge is -2.26. The van der Waals surface area contributed by atoms with Crippen LogP contribution in [0.2, 0.25) is 0 Å². The minimum absolute atomic E-state index is 0.934. The maximum absolute atomic E-state index is 5.60. The second-order valence-electron chi connectivity index (χ2n) is 4.22. The minimum atomic E-state index is 0.934. The highest BCUT2D eigenvalue weighted by Gasteiger charge is 2.08. The quantitative estimate of drug-likeness (QED) is 0.584. The fourth-order valence-corrected chi connectivity index (χ4v) is 1.93. The van der Waals surface area contributed by atoms with Gasteiger partial charge in [-0.3, -0.25) is 0 Å². The van der Waals surface area contributed by atoms with Gasteiger partial charge in [-0.05, 0) is 32.4 Å². The molecule has 1 aliphatic heterocycles. The highest BCUT2D eigenvalue weighted by Crippen LogP contribution is 2.07. The highest BCUT2D eigenvalue weighted by atomic mass is 16.5. The summed E-state index contributed by atoms with van der Waals surface area (Å²) in [6, 6.07) is 0. The van der Waals surface area contributed by atoms with E-state index in [-0.39, 0.29) is 0 Å². The number of hydrogen-bond donors (Lipinski definition) is 0. The van der Waals surface area contributed by atoms with Gasteiger partial charge in [0.2, 0.25) is 0 Å². The third kappa shape index (κ3) is 5.61. The number of rotatable bonds is 7. The molecule has 0 spiro atoms. The van der Waals surface area contributed by atoms with E-state index in [0.717, 1.165) is 19.8 Å². The lowest BCUT2D eigenvalue weighted by atomic mass is 10.1. The van der Waals surface area contributed by atoms with E-state index in [9.17, 15) is 0 Å². The Morgan fingerprint density at radius 3 is 2.50 bits per heavy atom. The smallest absolute Gasteiger partial charge is 0.0593 e. The molecule has 0 aliphatic carbocycles. The molecule has 0 aromatic carbocycles. The number of likely N-dealkylation sites (tertiary alicyclic amines) is 1. The Morgan fingerprint density at radius 2 is 1.79 bits per heavy atom. The van der Waals surface area contributed by atoms with Crippen molar-refractivity contribution in [1.82, 2.24) is 4.90 Å². The van der Waals surface area contributed by atoms with Gasteiger partial charge in [0.15, 0.2) is 0 Å². The molecular formula is C12H25NO. The monoisotopic (exact) mass is 199 g/mol. The zero-order valence-electron chi connectivity index (χ0n) is 9.63. The molecule has 0 aromatic heterocycles. The number of hydrogen-bond acceptors (Lipinski definition) is 2. The van der Waals surface area contributed by atoms with Crippen molar-refractivity contribution in [1.29, 1.82) is 0 Å². The third-order valence-electron chi connectivity index (χ3n) is 2.89. The van der Waals surface area contributed by atoms with Gasteiger partial charge in [-0.2, -0.15) is 0 Å². The fraction of sp³-hybridized carbons (Fsp3) is 1.00. The molecule has 0 N–H and O–H groups in total. The molecule has 1 heterocycles. The first kappa shape index (κ1) is 12.0. The Bertz CT molecular complexity index is 121.